The largest absolute Gasteiger partial charge is 0.398 e. The molecule has 0 saturated carbocycles. The van der Waals surface area contributed by atoms with Crippen molar-refractivity contribution in [3.8, 4) is 0 Å². The van der Waals surface area contributed by atoms with E-state index in [2.05, 4.69) is 16.5 Å². The molecule has 0 amide bonds. The van der Waals surface area contributed by atoms with E-state index in [4.69, 9.17) is 17.3 Å². The highest BCUT2D eigenvalue weighted by Gasteiger charge is 2.07. The average molecular weight is 282 g/mol. The smallest absolute Gasteiger partial charge is 0.0948 e. The van der Waals surface area contributed by atoms with Crippen molar-refractivity contribution in [2.45, 2.75) is 30.5 Å². The lowest BCUT2D eigenvalue weighted by molar-refractivity contribution is 0.659. The summed E-state index contributed by atoms with van der Waals surface area (Å²) in [5.74, 6) is 0.827. The summed E-state index contributed by atoms with van der Waals surface area (Å²) in [6.07, 6.45) is 4.87. The van der Waals surface area contributed by atoms with Crippen molar-refractivity contribution in [3.05, 3.63) is 41.4 Å². The van der Waals surface area contributed by atoms with E-state index in [9.17, 15) is 0 Å². The molecular formula is C13H16ClN3S. The van der Waals surface area contributed by atoms with E-state index < -0.39 is 0 Å². The lowest BCUT2D eigenvalue weighted by atomic mass is 10.3. The van der Waals surface area contributed by atoms with Crippen LogP contribution in [-0.4, -0.2) is 9.55 Å². The lowest BCUT2D eigenvalue weighted by Crippen LogP contribution is -2.00. The number of rotatable bonds is 5. The van der Waals surface area contributed by atoms with Crippen molar-refractivity contribution in [1.82, 2.24) is 9.55 Å². The first kappa shape index (κ1) is 13.3. The highest BCUT2D eigenvalue weighted by Crippen LogP contribution is 2.34. The zero-order valence-corrected chi connectivity index (χ0v) is 11.8. The van der Waals surface area contributed by atoms with Crippen LogP contribution in [-0.2, 0) is 12.3 Å². The minimum absolute atomic E-state index is 0.710. The van der Waals surface area contributed by atoms with E-state index in [0.29, 0.717) is 5.02 Å². The molecule has 1 aromatic carbocycles. The first-order chi connectivity index (χ1) is 8.72. The zero-order chi connectivity index (χ0) is 13.0. The number of nitrogens with zero attached hydrogens (tertiary/aromatic N) is 2. The summed E-state index contributed by atoms with van der Waals surface area (Å²) in [4.78, 5) is 5.13. The van der Waals surface area contributed by atoms with Crippen LogP contribution in [0.3, 0.4) is 0 Å². The molecule has 0 radical (unpaired) electrons. The molecule has 0 saturated heterocycles. The molecule has 5 heteroatoms. The van der Waals surface area contributed by atoms with Crippen molar-refractivity contribution in [2.24, 2.45) is 0 Å². The fourth-order valence-electron chi connectivity index (χ4n) is 1.73. The summed E-state index contributed by atoms with van der Waals surface area (Å²) in [5.41, 5.74) is 7.86. The van der Waals surface area contributed by atoms with Gasteiger partial charge in [0.15, 0.2) is 0 Å². The molecule has 2 N–H and O–H groups in total. The van der Waals surface area contributed by atoms with Gasteiger partial charge in [-0.25, -0.2) is 4.98 Å². The number of aryl methyl sites for hydroxylation is 1. The Balaban J connectivity index is 2.09. The molecule has 1 aromatic heterocycles. The Kier molecular flexibility index (Phi) is 4.55. The van der Waals surface area contributed by atoms with E-state index in [0.717, 1.165) is 29.3 Å². The minimum atomic E-state index is 0.710. The first-order valence-corrected chi connectivity index (χ1v) is 7.24. The maximum atomic E-state index is 6.15. The zero-order valence-electron chi connectivity index (χ0n) is 10.3. The summed E-state index contributed by atoms with van der Waals surface area (Å²) in [7, 11) is 0. The molecule has 18 heavy (non-hydrogen) atoms. The Hall–Kier alpha value is -1.13. The van der Waals surface area contributed by atoms with Crippen LogP contribution >= 0.6 is 23.4 Å². The number of thioether (sulfide) groups is 1. The quantitative estimate of drug-likeness (QED) is 0.669. The normalized spacial score (nSPS) is 10.8. The maximum Gasteiger partial charge on any atom is 0.0948 e. The number of halogens is 1. The van der Waals surface area contributed by atoms with Crippen LogP contribution in [0.1, 0.15) is 19.0 Å². The van der Waals surface area contributed by atoms with Gasteiger partial charge in [-0.05, 0) is 18.6 Å². The van der Waals surface area contributed by atoms with Gasteiger partial charge in [-0.15, -0.1) is 11.8 Å². The highest BCUT2D eigenvalue weighted by atomic mass is 35.5. The van der Waals surface area contributed by atoms with Gasteiger partial charge in [-0.3, -0.25) is 0 Å². The Morgan fingerprint density at radius 2 is 2.28 bits per heavy atom. The number of benzene rings is 1. The summed E-state index contributed by atoms with van der Waals surface area (Å²) < 4.78 is 2.17. The third-order valence-corrected chi connectivity index (χ3v) is 4.24. The molecule has 0 aliphatic rings. The average Bonchev–Trinajstić information content (AvgIpc) is 2.77. The predicted octanol–water partition coefficient (Wildman–Crippen LogP) is 3.82. The third kappa shape index (κ3) is 3.00. The molecule has 0 aliphatic heterocycles. The van der Waals surface area contributed by atoms with Gasteiger partial charge in [0.2, 0.25) is 0 Å². The molecule has 96 valence electrons. The third-order valence-electron chi connectivity index (χ3n) is 2.62. The lowest BCUT2D eigenvalue weighted by Gasteiger charge is -2.09. The molecule has 0 aliphatic carbocycles. The van der Waals surface area contributed by atoms with E-state index >= 15 is 0 Å². The Morgan fingerprint density at radius 1 is 1.44 bits per heavy atom. The molecule has 2 rings (SSSR count). The van der Waals surface area contributed by atoms with Gasteiger partial charge in [0.05, 0.1) is 11.3 Å². The number of imidazole rings is 1. The SMILES string of the molecule is CCCn1cncc1CSc1c(N)cccc1Cl. The van der Waals surface area contributed by atoms with Gasteiger partial charge < -0.3 is 10.3 Å². The van der Waals surface area contributed by atoms with Crippen molar-refractivity contribution >= 4 is 29.1 Å². The van der Waals surface area contributed by atoms with Crippen LogP contribution in [0.15, 0.2) is 35.6 Å². The second-order valence-electron chi connectivity index (χ2n) is 4.03. The summed E-state index contributed by atoms with van der Waals surface area (Å²) >= 11 is 7.80. The summed E-state index contributed by atoms with van der Waals surface area (Å²) in [6, 6.07) is 5.60. The van der Waals surface area contributed by atoms with Crippen molar-refractivity contribution in [1.29, 1.82) is 0 Å². The van der Waals surface area contributed by atoms with E-state index in [1.165, 1.54) is 5.69 Å². The second kappa shape index (κ2) is 6.16. The van der Waals surface area contributed by atoms with Gasteiger partial charge in [0.25, 0.3) is 0 Å². The molecule has 2 aromatic rings. The van der Waals surface area contributed by atoms with Crippen LogP contribution in [0.25, 0.3) is 0 Å². The monoisotopic (exact) mass is 281 g/mol. The van der Waals surface area contributed by atoms with Crippen molar-refractivity contribution in [3.63, 3.8) is 0 Å². The van der Waals surface area contributed by atoms with Crippen molar-refractivity contribution < 1.29 is 0 Å². The number of hydrogen-bond donors (Lipinski definition) is 1. The Bertz CT molecular complexity index is 504. The number of nitrogen functional groups attached to an aromatic ring is 1. The number of nitrogens with two attached hydrogens (primary N) is 1. The number of aromatic nitrogens is 2. The van der Waals surface area contributed by atoms with E-state index in [1.54, 1.807) is 11.8 Å². The Morgan fingerprint density at radius 3 is 3.00 bits per heavy atom. The number of hydrogen-bond acceptors (Lipinski definition) is 3. The topological polar surface area (TPSA) is 43.8 Å². The first-order valence-electron chi connectivity index (χ1n) is 5.88. The fraction of sp³-hybridized carbons (Fsp3) is 0.308. The fourth-order valence-corrected chi connectivity index (χ4v) is 3.05. The predicted molar refractivity (Wildman–Crippen MR) is 77.9 cm³/mol. The maximum absolute atomic E-state index is 6.15. The standard InChI is InChI=1S/C13H16ClN3S/c1-2-6-17-9-16-7-10(17)8-18-13-11(14)4-3-5-12(13)15/h3-5,7,9H,2,6,8,15H2,1H3. The van der Waals surface area contributed by atoms with Crippen LogP contribution in [0.5, 0.6) is 0 Å². The highest BCUT2D eigenvalue weighted by molar-refractivity contribution is 7.98. The van der Waals surface area contributed by atoms with Crippen LogP contribution in [0.4, 0.5) is 5.69 Å². The minimum Gasteiger partial charge on any atom is -0.398 e. The molecule has 0 atom stereocenters. The van der Waals surface area contributed by atoms with Gasteiger partial charge >= 0.3 is 0 Å². The Labute approximate surface area is 116 Å². The molecule has 1 heterocycles. The molecule has 0 unspecified atom stereocenters. The van der Waals surface area contributed by atoms with Gasteiger partial charge in [0.1, 0.15) is 0 Å². The van der Waals surface area contributed by atoms with Gasteiger partial charge in [-0.2, -0.15) is 0 Å². The second-order valence-corrected chi connectivity index (χ2v) is 5.42. The van der Waals surface area contributed by atoms with Crippen LogP contribution in [0.2, 0.25) is 5.02 Å². The number of anilines is 1. The van der Waals surface area contributed by atoms with Crippen LogP contribution < -0.4 is 5.73 Å². The summed E-state index contributed by atoms with van der Waals surface area (Å²) in [6.45, 7) is 3.15. The van der Waals surface area contributed by atoms with Gasteiger partial charge in [0, 0.05) is 34.8 Å². The van der Waals surface area contributed by atoms with Crippen LogP contribution in [0, 0.1) is 0 Å². The van der Waals surface area contributed by atoms with E-state index in [1.807, 2.05) is 30.7 Å². The summed E-state index contributed by atoms with van der Waals surface area (Å²) in [5, 5.41) is 0.710. The molecule has 3 nitrogen and oxygen atoms in total. The molecular weight excluding hydrogens is 266 g/mol. The van der Waals surface area contributed by atoms with Crippen molar-refractivity contribution in [2.75, 3.05) is 5.73 Å². The molecule has 0 spiro atoms. The van der Waals surface area contributed by atoms with E-state index in [-0.39, 0.29) is 0 Å². The molecule has 0 fully saturated rings. The molecule has 0 bridgehead atoms. The van der Waals surface area contributed by atoms with Gasteiger partial charge in [-0.1, -0.05) is 24.6 Å².